The van der Waals surface area contributed by atoms with Gasteiger partial charge < -0.3 is 11.1 Å². The Bertz CT molecular complexity index is 901. The van der Waals surface area contributed by atoms with Gasteiger partial charge in [0.2, 0.25) is 11.8 Å². The summed E-state index contributed by atoms with van der Waals surface area (Å²) in [5, 5.41) is 6.88. The molecule has 27 heavy (non-hydrogen) atoms. The molecule has 0 aromatic heterocycles. The summed E-state index contributed by atoms with van der Waals surface area (Å²) in [5.41, 5.74) is 14.0. The minimum Gasteiger partial charge on any atom is -0.397 e. The predicted molar refractivity (Wildman–Crippen MR) is 108 cm³/mol. The average Bonchev–Trinajstić information content (AvgIpc) is 3.22. The van der Waals surface area contributed by atoms with Crippen molar-refractivity contribution in [2.24, 2.45) is 16.9 Å². The fraction of sp³-hybridized carbons (Fsp3) is 0.286. The van der Waals surface area contributed by atoms with Crippen molar-refractivity contribution in [3.63, 3.8) is 0 Å². The smallest absolute Gasteiger partial charge is 0.240 e. The van der Waals surface area contributed by atoms with Crippen molar-refractivity contribution in [1.29, 1.82) is 0 Å². The molecule has 0 spiro atoms. The van der Waals surface area contributed by atoms with Crippen molar-refractivity contribution in [1.82, 2.24) is 5.43 Å². The first-order valence-corrected chi connectivity index (χ1v) is 9.02. The first-order valence-electron chi connectivity index (χ1n) is 9.02. The van der Waals surface area contributed by atoms with E-state index in [9.17, 15) is 9.59 Å². The molecule has 1 aromatic carbocycles. The van der Waals surface area contributed by atoms with E-state index in [1.165, 1.54) is 11.1 Å². The molecule has 140 valence electrons. The number of fused-ring (bicyclic) bond motifs is 1. The molecule has 2 aliphatic carbocycles. The monoisotopic (exact) mass is 364 g/mol. The number of rotatable bonds is 3. The highest BCUT2D eigenvalue weighted by Crippen LogP contribution is 2.32. The summed E-state index contributed by atoms with van der Waals surface area (Å²) in [7, 11) is 0. The molecule has 3 aliphatic rings. The number of amides is 2. The van der Waals surface area contributed by atoms with Crippen LogP contribution in [0.1, 0.15) is 32.8 Å². The minimum atomic E-state index is -0.109. The number of nitrogens with two attached hydrogens (primary N) is 1. The molecule has 0 fully saturated rings. The van der Waals surface area contributed by atoms with Crippen molar-refractivity contribution in [3.8, 4) is 11.1 Å². The van der Waals surface area contributed by atoms with Crippen LogP contribution in [0.2, 0.25) is 0 Å². The van der Waals surface area contributed by atoms with Crippen molar-refractivity contribution in [2.45, 2.75) is 27.2 Å². The summed E-state index contributed by atoms with van der Waals surface area (Å²) in [5.74, 6) is -0.235. The number of nitrogens with zero attached hydrogens (tertiary/aromatic N) is 1. The molecule has 0 bridgehead atoms. The van der Waals surface area contributed by atoms with E-state index >= 15 is 0 Å². The Morgan fingerprint density at radius 3 is 2.37 bits per heavy atom. The SMILES string of the molecule is CC(C)C(=O)Nc1ccc(C2=NNC(=O)CC2C)cc1N.c1cc2cc-2c1. The van der Waals surface area contributed by atoms with Crippen molar-refractivity contribution >= 4 is 28.9 Å². The molecular weight excluding hydrogens is 340 g/mol. The average molecular weight is 364 g/mol. The summed E-state index contributed by atoms with van der Waals surface area (Å²) < 4.78 is 0. The molecule has 1 unspecified atom stereocenters. The second kappa shape index (κ2) is 7.61. The summed E-state index contributed by atoms with van der Waals surface area (Å²) in [6.07, 6.45) is 0.407. The Kier molecular flexibility index (Phi) is 5.26. The van der Waals surface area contributed by atoms with Crippen LogP contribution in [0, 0.1) is 11.8 Å². The quantitative estimate of drug-likeness (QED) is 0.622. The topological polar surface area (TPSA) is 96.6 Å². The van der Waals surface area contributed by atoms with Crippen molar-refractivity contribution in [3.05, 3.63) is 48.0 Å². The number of nitrogen functional groups attached to an aromatic ring is 1. The van der Waals surface area contributed by atoms with Gasteiger partial charge in [0.25, 0.3) is 0 Å². The molecule has 4 rings (SSSR count). The standard InChI is InChI=1S/C15H20N4O2.C6H4/c1-8(2)15(21)17-12-5-4-10(7-11(12)16)14-9(3)6-13(20)18-19-14;1-2-5-4-6(5)3-1/h4-5,7-9H,6,16H2,1-3H3,(H,17,21)(H,18,20);1-4H. The van der Waals surface area contributed by atoms with E-state index in [0.29, 0.717) is 17.8 Å². The highest BCUT2D eigenvalue weighted by Gasteiger charge is 2.22. The van der Waals surface area contributed by atoms with E-state index in [2.05, 4.69) is 40.1 Å². The summed E-state index contributed by atoms with van der Waals surface area (Å²) in [6, 6.07) is 13.9. The highest BCUT2D eigenvalue weighted by atomic mass is 16.2. The fourth-order valence-corrected chi connectivity index (χ4v) is 2.79. The lowest BCUT2D eigenvalue weighted by molar-refractivity contribution is -0.122. The van der Waals surface area contributed by atoms with Gasteiger partial charge in [0.05, 0.1) is 17.1 Å². The first-order chi connectivity index (χ1) is 12.8. The van der Waals surface area contributed by atoms with Gasteiger partial charge in [0.15, 0.2) is 0 Å². The molecule has 0 radical (unpaired) electrons. The van der Waals surface area contributed by atoms with Crippen LogP contribution in [-0.2, 0) is 9.59 Å². The van der Waals surface area contributed by atoms with Gasteiger partial charge in [-0.3, -0.25) is 9.59 Å². The minimum absolute atomic E-state index is 0.0363. The Morgan fingerprint density at radius 2 is 1.89 bits per heavy atom. The number of carbonyl (C=O) groups excluding carboxylic acids is 2. The first kappa shape index (κ1) is 18.6. The van der Waals surface area contributed by atoms with Crippen LogP contribution in [0.15, 0.2) is 47.6 Å². The summed E-state index contributed by atoms with van der Waals surface area (Å²) in [6.45, 7) is 5.59. The van der Waals surface area contributed by atoms with E-state index in [0.717, 1.165) is 11.3 Å². The van der Waals surface area contributed by atoms with Gasteiger partial charge in [-0.1, -0.05) is 45.0 Å². The lowest BCUT2D eigenvalue weighted by atomic mass is 9.93. The summed E-state index contributed by atoms with van der Waals surface area (Å²) >= 11 is 0. The molecule has 4 N–H and O–H groups in total. The van der Waals surface area contributed by atoms with E-state index in [1.54, 1.807) is 12.1 Å². The second-order valence-corrected chi connectivity index (χ2v) is 7.16. The van der Waals surface area contributed by atoms with Crippen molar-refractivity contribution in [2.75, 3.05) is 11.1 Å². The molecular formula is C21H24N4O2. The van der Waals surface area contributed by atoms with E-state index in [-0.39, 0.29) is 23.7 Å². The molecule has 6 heteroatoms. The van der Waals surface area contributed by atoms with Gasteiger partial charge in [0.1, 0.15) is 0 Å². The number of carbonyl (C=O) groups is 2. The number of nitrogens with one attached hydrogen (secondary N) is 2. The zero-order valence-corrected chi connectivity index (χ0v) is 15.7. The van der Waals surface area contributed by atoms with Crippen molar-refractivity contribution < 1.29 is 9.59 Å². The zero-order chi connectivity index (χ0) is 19.6. The van der Waals surface area contributed by atoms with Gasteiger partial charge in [-0.05, 0) is 29.3 Å². The van der Waals surface area contributed by atoms with Gasteiger partial charge in [-0.2, -0.15) is 5.10 Å². The maximum atomic E-state index is 11.7. The van der Waals surface area contributed by atoms with Crippen LogP contribution in [0.5, 0.6) is 0 Å². The normalized spacial score (nSPS) is 16.7. The van der Waals surface area contributed by atoms with Crippen LogP contribution in [0.3, 0.4) is 0 Å². The number of hydrogen-bond acceptors (Lipinski definition) is 4. The van der Waals surface area contributed by atoms with E-state index in [1.807, 2.05) is 26.8 Å². The third-order valence-electron chi connectivity index (χ3n) is 4.50. The third kappa shape index (κ3) is 4.53. The molecule has 1 atom stereocenters. The molecule has 1 aromatic rings. The Labute approximate surface area is 158 Å². The van der Waals surface area contributed by atoms with Gasteiger partial charge >= 0.3 is 0 Å². The molecule has 2 amide bonds. The molecule has 1 aliphatic heterocycles. The Hall–Kier alpha value is -3.15. The predicted octanol–water partition coefficient (Wildman–Crippen LogP) is 3.39. The van der Waals surface area contributed by atoms with Gasteiger partial charge in [-0.25, -0.2) is 5.43 Å². The molecule has 0 saturated carbocycles. The molecule has 0 saturated heterocycles. The largest absolute Gasteiger partial charge is 0.397 e. The zero-order valence-electron chi connectivity index (χ0n) is 15.7. The lowest BCUT2D eigenvalue weighted by Gasteiger charge is -2.20. The van der Waals surface area contributed by atoms with E-state index < -0.39 is 0 Å². The second-order valence-electron chi connectivity index (χ2n) is 7.16. The summed E-state index contributed by atoms with van der Waals surface area (Å²) in [4.78, 5) is 23.0. The van der Waals surface area contributed by atoms with Gasteiger partial charge in [-0.15, -0.1) is 0 Å². The number of anilines is 2. The van der Waals surface area contributed by atoms with Crippen LogP contribution < -0.4 is 16.5 Å². The van der Waals surface area contributed by atoms with E-state index in [4.69, 9.17) is 5.73 Å². The Balaban J connectivity index is 0.000000290. The van der Waals surface area contributed by atoms with Crippen LogP contribution in [0.25, 0.3) is 11.1 Å². The maximum Gasteiger partial charge on any atom is 0.240 e. The number of hydrazone groups is 1. The third-order valence-corrected chi connectivity index (χ3v) is 4.50. The highest BCUT2D eigenvalue weighted by molar-refractivity contribution is 6.07. The molecule has 6 nitrogen and oxygen atoms in total. The number of hydrogen-bond donors (Lipinski definition) is 3. The lowest BCUT2D eigenvalue weighted by Crippen LogP contribution is -2.32. The van der Waals surface area contributed by atoms with Crippen LogP contribution in [0.4, 0.5) is 11.4 Å². The van der Waals surface area contributed by atoms with Crippen LogP contribution >= 0.6 is 0 Å². The van der Waals surface area contributed by atoms with Crippen LogP contribution in [-0.4, -0.2) is 17.5 Å². The maximum absolute atomic E-state index is 11.7. The number of benzene rings is 2. The fourth-order valence-electron chi connectivity index (χ4n) is 2.79. The van der Waals surface area contributed by atoms with Gasteiger partial charge in [0, 0.05) is 23.8 Å². The molecule has 1 heterocycles. The Morgan fingerprint density at radius 1 is 1.19 bits per heavy atom.